The smallest absolute Gasteiger partial charge is 0.222 e. The summed E-state index contributed by atoms with van der Waals surface area (Å²) >= 11 is 0. The van der Waals surface area contributed by atoms with Crippen molar-refractivity contribution in [1.29, 1.82) is 0 Å². The summed E-state index contributed by atoms with van der Waals surface area (Å²) in [4.78, 5) is 4.44. The molecule has 0 saturated carbocycles. The largest absolute Gasteiger partial charge is 0.439 e. The van der Waals surface area contributed by atoms with Crippen molar-refractivity contribution in [2.75, 3.05) is 13.1 Å². The van der Waals surface area contributed by atoms with Gasteiger partial charge in [-0.2, -0.15) is 0 Å². The third kappa shape index (κ3) is 3.17. The van der Waals surface area contributed by atoms with E-state index in [1.54, 1.807) is 6.20 Å². The third-order valence-electron chi connectivity index (χ3n) is 3.77. The topological polar surface area (TPSA) is 34.1 Å². The number of benzene rings is 1. The molecule has 1 unspecified atom stereocenters. The highest BCUT2D eigenvalue weighted by atomic mass is 16.5. The van der Waals surface area contributed by atoms with Crippen LogP contribution < -0.4 is 10.1 Å². The van der Waals surface area contributed by atoms with Gasteiger partial charge in [0.15, 0.2) is 0 Å². The Morgan fingerprint density at radius 3 is 2.80 bits per heavy atom. The zero-order valence-electron chi connectivity index (χ0n) is 11.6. The Labute approximate surface area is 120 Å². The molecule has 3 rings (SSSR count). The molecule has 20 heavy (non-hydrogen) atoms. The maximum atomic E-state index is 5.97. The molecule has 2 heterocycles. The van der Waals surface area contributed by atoms with Crippen LogP contribution in [0.3, 0.4) is 0 Å². The number of hydrogen-bond donors (Lipinski definition) is 1. The number of ether oxygens (including phenoxy) is 1. The predicted molar refractivity (Wildman–Crippen MR) is 80.2 cm³/mol. The number of rotatable bonds is 3. The van der Waals surface area contributed by atoms with Gasteiger partial charge >= 0.3 is 0 Å². The molecule has 0 aliphatic carbocycles. The number of nitrogens with zero attached hydrogens (tertiary/aromatic N) is 1. The van der Waals surface area contributed by atoms with E-state index in [1.807, 2.05) is 36.4 Å². The fourth-order valence-corrected chi connectivity index (χ4v) is 2.73. The molecule has 0 amide bonds. The lowest BCUT2D eigenvalue weighted by Crippen LogP contribution is -2.14. The summed E-state index contributed by atoms with van der Waals surface area (Å²) < 4.78 is 5.97. The minimum absolute atomic E-state index is 0.539. The van der Waals surface area contributed by atoms with Crippen LogP contribution in [0.1, 0.15) is 30.7 Å². The van der Waals surface area contributed by atoms with E-state index in [-0.39, 0.29) is 0 Å². The van der Waals surface area contributed by atoms with Gasteiger partial charge in [-0.25, -0.2) is 4.98 Å². The van der Waals surface area contributed by atoms with E-state index >= 15 is 0 Å². The summed E-state index contributed by atoms with van der Waals surface area (Å²) in [6.45, 7) is 2.19. The first-order valence-corrected chi connectivity index (χ1v) is 7.32. The van der Waals surface area contributed by atoms with Gasteiger partial charge in [0.1, 0.15) is 5.75 Å². The maximum absolute atomic E-state index is 5.97. The second-order valence-corrected chi connectivity index (χ2v) is 5.19. The molecule has 3 nitrogen and oxygen atoms in total. The number of nitrogens with one attached hydrogen (secondary N) is 1. The van der Waals surface area contributed by atoms with Crippen molar-refractivity contribution in [3.8, 4) is 11.6 Å². The molecule has 0 spiro atoms. The minimum atomic E-state index is 0.539. The van der Waals surface area contributed by atoms with Gasteiger partial charge in [-0.3, -0.25) is 0 Å². The monoisotopic (exact) mass is 268 g/mol. The molecule has 3 heteroatoms. The van der Waals surface area contributed by atoms with E-state index in [9.17, 15) is 0 Å². The zero-order chi connectivity index (χ0) is 13.6. The molecule has 1 aromatic carbocycles. The van der Waals surface area contributed by atoms with Gasteiger partial charge in [0, 0.05) is 11.8 Å². The fourth-order valence-electron chi connectivity index (χ4n) is 2.73. The number of para-hydroxylation sites is 1. The van der Waals surface area contributed by atoms with E-state index in [2.05, 4.69) is 16.4 Å². The second-order valence-electron chi connectivity index (χ2n) is 5.19. The van der Waals surface area contributed by atoms with Crippen LogP contribution in [0.25, 0.3) is 0 Å². The van der Waals surface area contributed by atoms with Crippen molar-refractivity contribution in [2.45, 2.75) is 25.2 Å². The van der Waals surface area contributed by atoms with Crippen LogP contribution in [-0.2, 0) is 0 Å². The molecule has 1 aliphatic rings. The minimum Gasteiger partial charge on any atom is -0.439 e. The van der Waals surface area contributed by atoms with Gasteiger partial charge in [-0.1, -0.05) is 24.3 Å². The Morgan fingerprint density at radius 1 is 1.00 bits per heavy atom. The fraction of sp³-hybridized carbons (Fsp3) is 0.353. The van der Waals surface area contributed by atoms with Crippen molar-refractivity contribution < 1.29 is 4.74 Å². The van der Waals surface area contributed by atoms with Crippen molar-refractivity contribution >= 4 is 0 Å². The Balaban J connectivity index is 1.84. The van der Waals surface area contributed by atoms with Gasteiger partial charge < -0.3 is 10.1 Å². The van der Waals surface area contributed by atoms with Crippen LogP contribution in [0.4, 0.5) is 0 Å². The number of aromatic nitrogens is 1. The van der Waals surface area contributed by atoms with Gasteiger partial charge in [0.2, 0.25) is 5.88 Å². The average molecular weight is 268 g/mol. The SMILES string of the molecule is c1ccc(Oc2ncccc2C2CCCNCC2)cc1. The lowest BCUT2D eigenvalue weighted by Gasteiger charge is -2.17. The van der Waals surface area contributed by atoms with Crippen LogP contribution in [0.15, 0.2) is 48.7 Å². The lowest BCUT2D eigenvalue weighted by molar-refractivity contribution is 0.444. The summed E-state index contributed by atoms with van der Waals surface area (Å²) in [6, 6.07) is 14.0. The normalized spacial score (nSPS) is 19.3. The predicted octanol–water partition coefficient (Wildman–Crippen LogP) is 3.73. The van der Waals surface area contributed by atoms with Gasteiger partial charge in [0.25, 0.3) is 0 Å². The average Bonchev–Trinajstić information content (AvgIpc) is 2.78. The molecule has 104 valence electrons. The summed E-state index contributed by atoms with van der Waals surface area (Å²) in [6.07, 6.45) is 5.36. The Hall–Kier alpha value is -1.87. The molecule has 1 aromatic heterocycles. The van der Waals surface area contributed by atoms with Gasteiger partial charge in [0.05, 0.1) is 0 Å². The standard InChI is InChI=1S/C17H20N2O/c1-2-7-15(8-3-1)20-17-16(9-5-12-19-17)14-6-4-11-18-13-10-14/h1-3,5,7-9,12,14,18H,4,6,10-11,13H2. The number of hydrogen-bond acceptors (Lipinski definition) is 3. The highest BCUT2D eigenvalue weighted by Gasteiger charge is 2.19. The van der Waals surface area contributed by atoms with E-state index in [0.29, 0.717) is 5.92 Å². The first-order chi connectivity index (χ1) is 9.93. The third-order valence-corrected chi connectivity index (χ3v) is 3.77. The zero-order valence-corrected chi connectivity index (χ0v) is 11.6. The molecule has 2 aromatic rings. The van der Waals surface area contributed by atoms with Gasteiger partial charge in [-0.15, -0.1) is 0 Å². The molecule has 1 aliphatic heterocycles. The van der Waals surface area contributed by atoms with E-state index < -0.39 is 0 Å². The molecule has 0 radical (unpaired) electrons. The quantitative estimate of drug-likeness (QED) is 0.921. The van der Waals surface area contributed by atoms with E-state index in [1.165, 1.54) is 18.4 Å². The Morgan fingerprint density at radius 2 is 1.90 bits per heavy atom. The highest BCUT2D eigenvalue weighted by Crippen LogP contribution is 2.33. The van der Waals surface area contributed by atoms with Crippen molar-refractivity contribution in [2.24, 2.45) is 0 Å². The van der Waals surface area contributed by atoms with Crippen LogP contribution >= 0.6 is 0 Å². The molecule has 0 bridgehead atoms. The van der Waals surface area contributed by atoms with Crippen LogP contribution in [-0.4, -0.2) is 18.1 Å². The molecule has 1 saturated heterocycles. The molecular formula is C17H20N2O. The summed E-state index contributed by atoms with van der Waals surface area (Å²) in [5, 5.41) is 3.45. The van der Waals surface area contributed by atoms with E-state index in [4.69, 9.17) is 4.74 Å². The summed E-state index contributed by atoms with van der Waals surface area (Å²) in [5.41, 5.74) is 1.24. The summed E-state index contributed by atoms with van der Waals surface area (Å²) in [7, 11) is 0. The van der Waals surface area contributed by atoms with Crippen LogP contribution in [0.5, 0.6) is 11.6 Å². The van der Waals surface area contributed by atoms with E-state index in [0.717, 1.165) is 31.1 Å². The first-order valence-electron chi connectivity index (χ1n) is 7.32. The van der Waals surface area contributed by atoms with Crippen molar-refractivity contribution in [1.82, 2.24) is 10.3 Å². The molecule has 1 N–H and O–H groups in total. The Kier molecular flexibility index (Phi) is 4.28. The first kappa shape index (κ1) is 13.1. The Bertz CT molecular complexity index is 534. The molecule has 1 atom stereocenters. The summed E-state index contributed by atoms with van der Waals surface area (Å²) in [5.74, 6) is 2.14. The van der Waals surface area contributed by atoms with Crippen LogP contribution in [0.2, 0.25) is 0 Å². The highest BCUT2D eigenvalue weighted by molar-refractivity contribution is 5.34. The second kappa shape index (κ2) is 6.53. The maximum Gasteiger partial charge on any atom is 0.222 e. The molecular weight excluding hydrogens is 248 g/mol. The number of pyridine rings is 1. The van der Waals surface area contributed by atoms with Crippen molar-refractivity contribution in [3.63, 3.8) is 0 Å². The van der Waals surface area contributed by atoms with Gasteiger partial charge in [-0.05, 0) is 56.5 Å². The van der Waals surface area contributed by atoms with Crippen molar-refractivity contribution in [3.05, 3.63) is 54.2 Å². The lowest BCUT2D eigenvalue weighted by atomic mass is 9.93. The van der Waals surface area contributed by atoms with Crippen LogP contribution in [0, 0.1) is 0 Å². The molecule has 1 fully saturated rings.